The normalized spacial score (nSPS) is 28.5. The van der Waals surface area contributed by atoms with Crippen molar-refractivity contribution in [3.8, 4) is 17.8 Å². The molecule has 5 aliphatic rings. The molecule has 42 heavy (non-hydrogen) atoms. The molecule has 5 atom stereocenters. The summed E-state index contributed by atoms with van der Waals surface area (Å²) in [4.78, 5) is 15.9. The number of hydrogen-bond acceptors (Lipinski definition) is 11. The van der Waals surface area contributed by atoms with Gasteiger partial charge in [-0.2, -0.15) is 15.2 Å². The summed E-state index contributed by atoms with van der Waals surface area (Å²) in [5.41, 5.74) is 7.00. The Morgan fingerprint density at radius 3 is 2.74 bits per heavy atom. The number of nitriles is 1. The maximum absolute atomic E-state index is 17.0. The first-order valence-corrected chi connectivity index (χ1v) is 16.0. The van der Waals surface area contributed by atoms with Crippen LogP contribution in [0.25, 0.3) is 10.9 Å². The van der Waals surface area contributed by atoms with Gasteiger partial charge in [0, 0.05) is 24.4 Å². The van der Waals surface area contributed by atoms with E-state index < -0.39 is 5.82 Å². The first-order valence-electron chi connectivity index (χ1n) is 14.8. The lowest BCUT2D eigenvalue weighted by molar-refractivity contribution is 0.112. The lowest BCUT2D eigenvalue weighted by Crippen LogP contribution is -2.46. The number of nitrogens with two attached hydrogens (primary N) is 1. The van der Waals surface area contributed by atoms with E-state index in [0.29, 0.717) is 60.5 Å². The molecule has 7 rings (SSSR count). The first-order chi connectivity index (χ1) is 20.4. The van der Waals surface area contributed by atoms with Crippen LogP contribution in [0.5, 0.6) is 11.8 Å². The molecule has 0 saturated carbocycles. The molecule has 1 aromatic carbocycles. The number of rotatable bonds is 5. The van der Waals surface area contributed by atoms with Crippen LogP contribution in [-0.4, -0.2) is 90.8 Å². The average molecular weight is 616 g/mol. The molecule has 2 N–H and O–H groups in total. The number of thioether (sulfide) groups is 1. The van der Waals surface area contributed by atoms with Crippen LogP contribution in [0.3, 0.4) is 0 Å². The van der Waals surface area contributed by atoms with Crippen molar-refractivity contribution in [1.82, 2.24) is 14.9 Å². The molecule has 4 unspecified atom stereocenters. The number of piperidine rings is 1. The molecule has 224 valence electrons. The molecular weight excluding hydrogens is 581 g/mol. The summed E-state index contributed by atoms with van der Waals surface area (Å²) in [6.45, 7) is 5.63. The number of ether oxygens (including phenoxy) is 3. The van der Waals surface area contributed by atoms with E-state index in [-0.39, 0.29) is 51.7 Å². The van der Waals surface area contributed by atoms with Crippen LogP contribution in [0, 0.1) is 17.1 Å². The fourth-order valence-electron chi connectivity index (χ4n) is 7.29. The van der Waals surface area contributed by atoms with Crippen molar-refractivity contribution in [1.29, 1.82) is 5.26 Å². The van der Waals surface area contributed by atoms with Crippen molar-refractivity contribution >= 4 is 45.8 Å². The summed E-state index contributed by atoms with van der Waals surface area (Å²) in [6.07, 6.45) is 4.45. The zero-order chi connectivity index (χ0) is 29.1. The molecule has 3 saturated heterocycles. The highest BCUT2D eigenvalue weighted by atomic mass is 35.5. The number of halogens is 2. The van der Waals surface area contributed by atoms with Gasteiger partial charge in [0.25, 0.3) is 0 Å². The largest absolute Gasteiger partial charge is 0.489 e. The number of likely N-dealkylation sites (N-methyl/N-ethyl adjacent to an activating group) is 1. The van der Waals surface area contributed by atoms with Crippen LogP contribution in [0.2, 0.25) is 5.02 Å². The van der Waals surface area contributed by atoms with Crippen LogP contribution in [-0.2, 0) is 4.74 Å². The second-order valence-electron chi connectivity index (χ2n) is 11.8. The van der Waals surface area contributed by atoms with Crippen molar-refractivity contribution < 1.29 is 18.6 Å². The van der Waals surface area contributed by atoms with Gasteiger partial charge in [0.1, 0.15) is 29.1 Å². The van der Waals surface area contributed by atoms with Crippen LogP contribution in [0.15, 0.2) is 10.6 Å². The van der Waals surface area contributed by atoms with E-state index in [0.717, 1.165) is 38.6 Å². The third-order valence-electron chi connectivity index (χ3n) is 9.35. The average Bonchev–Trinajstić information content (AvgIpc) is 3.70. The van der Waals surface area contributed by atoms with E-state index >= 15 is 4.39 Å². The van der Waals surface area contributed by atoms with Gasteiger partial charge in [-0.05, 0) is 52.6 Å². The number of hydrogen-bond donors (Lipinski definition) is 1. The van der Waals surface area contributed by atoms with E-state index in [2.05, 4.69) is 22.9 Å². The zero-order valence-corrected chi connectivity index (χ0v) is 25.4. The quantitative estimate of drug-likeness (QED) is 0.526. The molecular formula is C29H35ClFN7O3S. The Hall–Kier alpha value is -2.72. The monoisotopic (exact) mass is 615 g/mol. The van der Waals surface area contributed by atoms with Crippen molar-refractivity contribution in [2.75, 3.05) is 56.3 Å². The van der Waals surface area contributed by atoms with Gasteiger partial charge in [-0.25, -0.2) is 4.39 Å². The number of nitrogens with zero attached hydrogens (tertiary/aromatic N) is 6. The summed E-state index contributed by atoms with van der Waals surface area (Å²) < 4.78 is 35.4. The molecule has 5 aliphatic heterocycles. The Labute approximate surface area is 253 Å². The second-order valence-corrected chi connectivity index (χ2v) is 13.4. The molecule has 6 heterocycles. The standard InChI is InChI=1S/C29H35ClFN7O3S/c1-15(18-5-3-8-36(18)2)41-29-34-23-20-26(40-12-10-37(28(20)35-29)16-7-11-39-14-16)21(30)25(22(23)31)38-9-4-6-19-24(38)17(13-32)27(33)42-19/h15-16,18-19,24H,3-12,14,33H2,1-2H3/t15-,16?,18?,19?,24?/m0/s1. The van der Waals surface area contributed by atoms with Crippen molar-refractivity contribution in [2.24, 2.45) is 5.73 Å². The molecule has 1 aromatic heterocycles. The third-order valence-corrected chi connectivity index (χ3v) is 11.0. The summed E-state index contributed by atoms with van der Waals surface area (Å²) in [5, 5.41) is 11.1. The highest BCUT2D eigenvalue weighted by Gasteiger charge is 2.44. The number of anilines is 2. The van der Waals surface area contributed by atoms with E-state index in [4.69, 9.17) is 41.5 Å². The predicted octanol–water partition coefficient (Wildman–Crippen LogP) is 4.05. The smallest absolute Gasteiger partial charge is 0.319 e. The number of benzene rings is 1. The van der Waals surface area contributed by atoms with Gasteiger partial charge in [0.05, 0.1) is 53.0 Å². The lowest BCUT2D eigenvalue weighted by Gasteiger charge is -2.39. The van der Waals surface area contributed by atoms with E-state index in [1.807, 2.05) is 11.8 Å². The van der Waals surface area contributed by atoms with E-state index in [1.54, 1.807) is 0 Å². The zero-order valence-electron chi connectivity index (χ0n) is 23.8. The lowest BCUT2D eigenvalue weighted by atomic mass is 9.94. The van der Waals surface area contributed by atoms with E-state index in [1.165, 1.54) is 11.8 Å². The number of likely N-dealkylation sites (tertiary alicyclic amines) is 1. The molecule has 2 aromatic rings. The minimum absolute atomic E-state index is 0.0431. The highest BCUT2D eigenvalue weighted by molar-refractivity contribution is 8.04. The van der Waals surface area contributed by atoms with Crippen molar-refractivity contribution in [3.05, 3.63) is 21.4 Å². The Morgan fingerprint density at radius 2 is 2.00 bits per heavy atom. The minimum atomic E-state index is -0.570. The fraction of sp³-hybridized carbons (Fsp3) is 0.621. The molecule has 0 spiro atoms. The SMILES string of the molecule is C[C@H](Oc1nc2c3c(c(Cl)c(N4CCCC5SC(N)=C(C#N)C54)c(F)c3n1)OCCN2C1CCOC1)C1CCCN1C. The number of aromatic nitrogens is 2. The Bertz CT molecular complexity index is 1480. The summed E-state index contributed by atoms with van der Waals surface area (Å²) >= 11 is 8.56. The third kappa shape index (κ3) is 4.51. The molecule has 0 bridgehead atoms. The Morgan fingerprint density at radius 1 is 1.17 bits per heavy atom. The van der Waals surface area contributed by atoms with Gasteiger partial charge in [0.15, 0.2) is 11.6 Å². The fourth-order valence-corrected chi connectivity index (χ4v) is 8.95. The minimum Gasteiger partial charge on any atom is -0.489 e. The first kappa shape index (κ1) is 28.1. The Kier molecular flexibility index (Phi) is 7.41. The van der Waals surface area contributed by atoms with Crippen LogP contribution in [0.4, 0.5) is 15.9 Å². The van der Waals surface area contributed by atoms with Gasteiger partial charge in [-0.1, -0.05) is 11.6 Å². The van der Waals surface area contributed by atoms with E-state index in [9.17, 15) is 5.26 Å². The molecule has 13 heteroatoms. The molecule has 10 nitrogen and oxygen atoms in total. The van der Waals surface area contributed by atoms with Gasteiger partial charge >= 0.3 is 6.01 Å². The molecule has 0 aliphatic carbocycles. The molecule has 0 amide bonds. The van der Waals surface area contributed by atoms with Crippen molar-refractivity contribution in [2.45, 2.75) is 68.5 Å². The topological polar surface area (TPSA) is 113 Å². The van der Waals surface area contributed by atoms with Gasteiger partial charge in [0.2, 0.25) is 0 Å². The second kappa shape index (κ2) is 11.1. The predicted molar refractivity (Wildman–Crippen MR) is 161 cm³/mol. The summed E-state index contributed by atoms with van der Waals surface area (Å²) in [6, 6.07) is 2.31. The van der Waals surface area contributed by atoms with Gasteiger partial charge < -0.3 is 29.7 Å². The molecule has 3 fully saturated rings. The Balaban J connectivity index is 1.40. The van der Waals surface area contributed by atoms with Gasteiger partial charge in [-0.3, -0.25) is 4.90 Å². The van der Waals surface area contributed by atoms with Gasteiger partial charge in [-0.15, -0.1) is 11.8 Å². The summed E-state index contributed by atoms with van der Waals surface area (Å²) in [5.74, 6) is 0.337. The van der Waals surface area contributed by atoms with Crippen LogP contribution >= 0.6 is 23.4 Å². The maximum atomic E-state index is 17.0. The maximum Gasteiger partial charge on any atom is 0.319 e. The van der Waals surface area contributed by atoms with Crippen LogP contribution in [0.1, 0.15) is 39.0 Å². The number of fused-ring (bicyclic) bond motifs is 1. The van der Waals surface area contributed by atoms with Crippen LogP contribution < -0.4 is 25.0 Å². The highest BCUT2D eigenvalue weighted by Crippen LogP contribution is 2.52. The van der Waals surface area contributed by atoms with Crippen molar-refractivity contribution in [3.63, 3.8) is 0 Å². The summed E-state index contributed by atoms with van der Waals surface area (Å²) in [7, 11) is 2.09. The molecule has 0 radical (unpaired) electrons.